The molecule has 1 aliphatic rings. The van der Waals surface area contributed by atoms with Gasteiger partial charge in [0.25, 0.3) is 5.69 Å². The molecule has 0 bridgehead atoms. The maximum atomic E-state index is 12.5. The molecule has 1 aromatic carbocycles. The molecule has 0 spiro atoms. The minimum Gasteiger partial charge on any atom is -0.304 e. The minimum absolute atomic E-state index is 0.0974. The molecule has 2 rings (SSSR count). The van der Waals surface area contributed by atoms with Gasteiger partial charge in [-0.05, 0) is 25.6 Å². The molecular weight excluding hydrogens is 282 g/mol. The van der Waals surface area contributed by atoms with Crippen molar-refractivity contribution in [3.8, 4) is 0 Å². The molecular formula is C12H17N3O4S. The molecule has 0 unspecified atom stereocenters. The Morgan fingerprint density at radius 3 is 2.30 bits per heavy atom. The highest BCUT2D eigenvalue weighted by atomic mass is 32.2. The average Bonchev–Trinajstić information content (AvgIpc) is 2.38. The van der Waals surface area contributed by atoms with Crippen LogP contribution in [0.2, 0.25) is 0 Å². The van der Waals surface area contributed by atoms with Crippen LogP contribution in [0.15, 0.2) is 23.1 Å². The highest BCUT2D eigenvalue weighted by Crippen LogP contribution is 2.24. The van der Waals surface area contributed by atoms with Crippen LogP contribution in [0.3, 0.4) is 0 Å². The predicted octanol–water partition coefficient (Wildman–Crippen LogP) is 0.839. The van der Waals surface area contributed by atoms with Crippen LogP contribution in [0.25, 0.3) is 0 Å². The van der Waals surface area contributed by atoms with Gasteiger partial charge < -0.3 is 4.90 Å². The SMILES string of the molecule is Cc1cc([N+](=O)[O-])ccc1S(=O)(=O)N1CCN(C)CC1. The summed E-state index contributed by atoms with van der Waals surface area (Å²) in [7, 11) is -1.63. The summed E-state index contributed by atoms with van der Waals surface area (Å²) >= 11 is 0. The number of hydrogen-bond donors (Lipinski definition) is 0. The fraction of sp³-hybridized carbons (Fsp3) is 0.500. The van der Waals surface area contributed by atoms with E-state index >= 15 is 0 Å². The van der Waals surface area contributed by atoms with Crippen LogP contribution < -0.4 is 0 Å². The van der Waals surface area contributed by atoms with Crippen LogP contribution in [0.1, 0.15) is 5.56 Å². The van der Waals surface area contributed by atoms with Crippen LogP contribution >= 0.6 is 0 Å². The summed E-state index contributed by atoms with van der Waals surface area (Å²) in [6, 6.07) is 3.85. The van der Waals surface area contributed by atoms with Crippen molar-refractivity contribution in [3.05, 3.63) is 33.9 Å². The molecule has 1 aromatic rings. The Kier molecular flexibility index (Phi) is 4.07. The van der Waals surface area contributed by atoms with E-state index in [2.05, 4.69) is 4.90 Å². The third-order valence-corrected chi connectivity index (χ3v) is 5.51. The summed E-state index contributed by atoms with van der Waals surface area (Å²) in [5.41, 5.74) is 0.304. The molecule has 1 fully saturated rings. The van der Waals surface area contributed by atoms with Gasteiger partial charge in [-0.1, -0.05) is 0 Å². The Bertz CT molecular complexity index is 622. The number of nitro benzene ring substituents is 1. The number of rotatable bonds is 3. The zero-order valence-electron chi connectivity index (χ0n) is 11.4. The quantitative estimate of drug-likeness (QED) is 0.610. The monoisotopic (exact) mass is 299 g/mol. The first-order chi connectivity index (χ1) is 9.32. The zero-order chi connectivity index (χ0) is 14.9. The lowest BCUT2D eigenvalue weighted by Gasteiger charge is -2.31. The number of aryl methyl sites for hydroxylation is 1. The second-order valence-electron chi connectivity index (χ2n) is 4.91. The summed E-state index contributed by atoms with van der Waals surface area (Å²) in [5.74, 6) is 0. The van der Waals surface area contributed by atoms with Crippen molar-refractivity contribution < 1.29 is 13.3 Å². The Balaban J connectivity index is 2.32. The molecule has 1 aliphatic heterocycles. The van der Waals surface area contributed by atoms with Crippen molar-refractivity contribution in [2.45, 2.75) is 11.8 Å². The number of benzene rings is 1. The fourth-order valence-corrected chi connectivity index (χ4v) is 3.83. The summed E-state index contributed by atoms with van der Waals surface area (Å²) in [4.78, 5) is 12.4. The van der Waals surface area contributed by atoms with E-state index in [-0.39, 0.29) is 10.6 Å². The molecule has 0 saturated carbocycles. The van der Waals surface area contributed by atoms with E-state index in [4.69, 9.17) is 0 Å². The molecule has 0 radical (unpaired) electrons. The number of piperazine rings is 1. The largest absolute Gasteiger partial charge is 0.304 e. The molecule has 110 valence electrons. The van der Waals surface area contributed by atoms with Gasteiger partial charge >= 0.3 is 0 Å². The van der Waals surface area contributed by atoms with Gasteiger partial charge in [-0.15, -0.1) is 0 Å². The van der Waals surface area contributed by atoms with Crippen molar-refractivity contribution >= 4 is 15.7 Å². The second-order valence-corrected chi connectivity index (χ2v) is 6.82. The molecule has 0 amide bonds. The van der Waals surface area contributed by atoms with Crippen LogP contribution in [0.4, 0.5) is 5.69 Å². The molecule has 0 aromatic heterocycles. The lowest BCUT2D eigenvalue weighted by Crippen LogP contribution is -2.47. The molecule has 0 N–H and O–H groups in total. The van der Waals surface area contributed by atoms with E-state index in [9.17, 15) is 18.5 Å². The third kappa shape index (κ3) is 2.82. The molecule has 1 heterocycles. The minimum atomic E-state index is -3.57. The van der Waals surface area contributed by atoms with E-state index in [1.807, 2.05) is 7.05 Å². The van der Waals surface area contributed by atoms with Gasteiger partial charge in [0.15, 0.2) is 0 Å². The highest BCUT2D eigenvalue weighted by molar-refractivity contribution is 7.89. The Morgan fingerprint density at radius 2 is 1.80 bits per heavy atom. The number of hydrogen-bond acceptors (Lipinski definition) is 5. The van der Waals surface area contributed by atoms with Gasteiger partial charge in [-0.3, -0.25) is 10.1 Å². The molecule has 7 nitrogen and oxygen atoms in total. The molecule has 20 heavy (non-hydrogen) atoms. The molecule has 0 atom stereocenters. The van der Waals surface area contributed by atoms with Crippen LogP contribution in [-0.2, 0) is 10.0 Å². The normalized spacial score (nSPS) is 18.1. The zero-order valence-corrected chi connectivity index (χ0v) is 12.3. The maximum absolute atomic E-state index is 12.5. The smallest absolute Gasteiger partial charge is 0.269 e. The van der Waals surface area contributed by atoms with Crippen molar-refractivity contribution in [1.29, 1.82) is 0 Å². The Labute approximate surface area is 118 Å². The van der Waals surface area contributed by atoms with Gasteiger partial charge in [0.1, 0.15) is 0 Å². The Morgan fingerprint density at radius 1 is 1.20 bits per heavy atom. The fourth-order valence-electron chi connectivity index (χ4n) is 2.20. The van der Waals surface area contributed by atoms with Gasteiger partial charge in [-0.2, -0.15) is 4.31 Å². The number of likely N-dealkylation sites (N-methyl/N-ethyl adjacent to an activating group) is 1. The summed E-state index contributed by atoms with van der Waals surface area (Å²) in [6.45, 7) is 3.83. The van der Waals surface area contributed by atoms with E-state index in [1.165, 1.54) is 22.5 Å². The predicted molar refractivity (Wildman–Crippen MR) is 74.1 cm³/mol. The number of nitro groups is 1. The van der Waals surface area contributed by atoms with Gasteiger partial charge in [0.05, 0.1) is 9.82 Å². The van der Waals surface area contributed by atoms with Crippen molar-refractivity contribution in [2.24, 2.45) is 0 Å². The van der Waals surface area contributed by atoms with Gasteiger partial charge in [0.2, 0.25) is 10.0 Å². The maximum Gasteiger partial charge on any atom is 0.269 e. The molecule has 1 saturated heterocycles. The highest BCUT2D eigenvalue weighted by Gasteiger charge is 2.29. The lowest BCUT2D eigenvalue weighted by molar-refractivity contribution is -0.385. The first kappa shape index (κ1) is 14.9. The van der Waals surface area contributed by atoms with Crippen LogP contribution in [0, 0.1) is 17.0 Å². The van der Waals surface area contributed by atoms with E-state index in [0.29, 0.717) is 31.7 Å². The van der Waals surface area contributed by atoms with E-state index < -0.39 is 14.9 Å². The summed E-state index contributed by atoms with van der Waals surface area (Å²) in [5, 5.41) is 10.7. The average molecular weight is 299 g/mol. The summed E-state index contributed by atoms with van der Waals surface area (Å²) < 4.78 is 26.5. The van der Waals surface area contributed by atoms with Crippen LogP contribution in [-0.4, -0.2) is 55.8 Å². The summed E-state index contributed by atoms with van der Waals surface area (Å²) in [6.07, 6.45) is 0. The Hall–Kier alpha value is -1.51. The topological polar surface area (TPSA) is 83.8 Å². The molecule has 8 heteroatoms. The van der Waals surface area contributed by atoms with Crippen molar-refractivity contribution in [3.63, 3.8) is 0 Å². The molecule has 0 aliphatic carbocycles. The van der Waals surface area contributed by atoms with Crippen molar-refractivity contribution in [1.82, 2.24) is 9.21 Å². The standard InChI is InChI=1S/C12H17N3O4S/c1-10-9-11(15(16)17)3-4-12(10)20(18,19)14-7-5-13(2)6-8-14/h3-4,9H,5-8H2,1-2H3. The van der Waals surface area contributed by atoms with Crippen LogP contribution in [0.5, 0.6) is 0 Å². The van der Waals surface area contributed by atoms with Gasteiger partial charge in [0, 0.05) is 38.3 Å². The second kappa shape index (κ2) is 5.47. The number of non-ortho nitro benzene ring substituents is 1. The number of nitrogens with zero attached hydrogens (tertiary/aromatic N) is 3. The first-order valence-electron chi connectivity index (χ1n) is 6.26. The van der Waals surface area contributed by atoms with Crippen molar-refractivity contribution in [2.75, 3.05) is 33.2 Å². The number of sulfonamides is 1. The lowest BCUT2D eigenvalue weighted by atomic mass is 10.2. The third-order valence-electron chi connectivity index (χ3n) is 3.45. The first-order valence-corrected chi connectivity index (χ1v) is 7.70. The van der Waals surface area contributed by atoms with E-state index in [0.717, 1.165) is 0 Å². The van der Waals surface area contributed by atoms with E-state index in [1.54, 1.807) is 6.92 Å². The van der Waals surface area contributed by atoms with Gasteiger partial charge in [-0.25, -0.2) is 8.42 Å².